The van der Waals surface area contributed by atoms with Gasteiger partial charge in [0, 0.05) is 29.5 Å². The van der Waals surface area contributed by atoms with Gasteiger partial charge >= 0.3 is 0 Å². The molecule has 0 spiro atoms. The molecule has 2 heterocycles. The molecule has 2 aromatic heterocycles. The number of hydrazone groups is 1. The zero-order valence-electron chi connectivity index (χ0n) is 15.5. The van der Waals surface area contributed by atoms with Crippen molar-refractivity contribution in [3.05, 3.63) is 99.5 Å². The fourth-order valence-electron chi connectivity index (χ4n) is 2.76. The third kappa shape index (κ3) is 4.15. The molecule has 8 nitrogen and oxygen atoms in total. The number of rotatable bonds is 6. The van der Waals surface area contributed by atoms with Crippen LogP contribution in [0.2, 0.25) is 0 Å². The van der Waals surface area contributed by atoms with Crippen LogP contribution in [0, 0.1) is 10.1 Å². The van der Waals surface area contributed by atoms with Crippen molar-refractivity contribution in [3.63, 3.8) is 0 Å². The molecule has 0 saturated carbocycles. The van der Waals surface area contributed by atoms with Crippen LogP contribution in [0.3, 0.4) is 0 Å². The Morgan fingerprint density at radius 3 is 2.53 bits per heavy atom. The summed E-state index contributed by atoms with van der Waals surface area (Å²) in [5.41, 5.74) is 5.04. The maximum atomic E-state index is 12.2. The van der Waals surface area contributed by atoms with Crippen LogP contribution in [0.4, 0.5) is 5.69 Å². The molecule has 30 heavy (non-hydrogen) atoms. The van der Waals surface area contributed by atoms with Crippen molar-refractivity contribution in [2.45, 2.75) is 0 Å². The Labute approximate surface area is 175 Å². The summed E-state index contributed by atoms with van der Waals surface area (Å²) in [6, 6.07) is 18.9. The third-order valence-corrected chi connectivity index (χ3v) is 5.10. The molecule has 0 atom stereocenters. The largest absolute Gasteiger partial charge is 0.271 e. The van der Waals surface area contributed by atoms with E-state index in [1.807, 2.05) is 54.0 Å². The highest BCUT2D eigenvalue weighted by Gasteiger charge is 2.12. The number of hydrogen-bond donors (Lipinski definition) is 1. The number of thiophene rings is 1. The van der Waals surface area contributed by atoms with Gasteiger partial charge in [0.25, 0.3) is 11.6 Å². The van der Waals surface area contributed by atoms with E-state index in [1.54, 1.807) is 16.0 Å². The Hall–Kier alpha value is -4.11. The molecule has 0 radical (unpaired) electrons. The Balaban J connectivity index is 1.56. The molecule has 0 bridgehead atoms. The second kappa shape index (κ2) is 8.50. The van der Waals surface area contributed by atoms with Gasteiger partial charge in [-0.05, 0) is 35.7 Å². The fourth-order valence-corrected chi connectivity index (χ4v) is 3.49. The van der Waals surface area contributed by atoms with E-state index in [0.29, 0.717) is 0 Å². The molecule has 0 aliphatic heterocycles. The molecule has 4 aromatic rings. The monoisotopic (exact) mass is 417 g/mol. The second-order valence-corrected chi connectivity index (χ2v) is 7.14. The van der Waals surface area contributed by atoms with Gasteiger partial charge in [0.2, 0.25) is 0 Å². The summed E-state index contributed by atoms with van der Waals surface area (Å²) in [5, 5.41) is 21.4. The number of nitro groups is 1. The van der Waals surface area contributed by atoms with E-state index in [0.717, 1.165) is 21.8 Å². The predicted molar refractivity (Wildman–Crippen MR) is 115 cm³/mol. The Morgan fingerprint density at radius 2 is 1.87 bits per heavy atom. The van der Waals surface area contributed by atoms with Gasteiger partial charge < -0.3 is 0 Å². The van der Waals surface area contributed by atoms with Gasteiger partial charge in [-0.2, -0.15) is 10.2 Å². The van der Waals surface area contributed by atoms with E-state index in [4.69, 9.17) is 0 Å². The van der Waals surface area contributed by atoms with E-state index in [-0.39, 0.29) is 11.3 Å². The summed E-state index contributed by atoms with van der Waals surface area (Å²) in [5.74, 6) is -0.464. The van der Waals surface area contributed by atoms with Gasteiger partial charge in [0.1, 0.15) is 5.69 Å². The minimum atomic E-state index is -0.518. The van der Waals surface area contributed by atoms with Crippen LogP contribution in [-0.2, 0) is 0 Å². The minimum absolute atomic E-state index is 0.0797. The quantitative estimate of drug-likeness (QED) is 0.287. The van der Waals surface area contributed by atoms with Crippen molar-refractivity contribution in [1.82, 2.24) is 15.2 Å². The van der Waals surface area contributed by atoms with E-state index >= 15 is 0 Å². The fraction of sp³-hybridized carbons (Fsp3) is 0. The number of non-ortho nitro benzene ring substituents is 1. The molecule has 2 aromatic carbocycles. The average molecular weight is 417 g/mol. The third-order valence-electron chi connectivity index (χ3n) is 4.23. The van der Waals surface area contributed by atoms with Crippen molar-refractivity contribution in [2.24, 2.45) is 5.10 Å². The highest BCUT2D eigenvalue weighted by Crippen LogP contribution is 2.26. The first kappa shape index (κ1) is 19.2. The normalized spacial score (nSPS) is 10.9. The standard InChI is InChI=1S/C21H15N5O3S/c27-21(15-8-10-18(11-9-15)26(28)29)23-22-13-16-14-25(17-5-2-1-3-6-17)24-20(16)19-7-4-12-30-19/h1-14H,(H,23,27). The zero-order chi connectivity index (χ0) is 20.9. The van der Waals surface area contributed by atoms with Crippen LogP contribution < -0.4 is 5.43 Å². The lowest BCUT2D eigenvalue weighted by Crippen LogP contribution is -2.17. The number of aromatic nitrogens is 2. The molecule has 1 amide bonds. The maximum Gasteiger partial charge on any atom is 0.271 e. The van der Waals surface area contributed by atoms with Crippen molar-refractivity contribution < 1.29 is 9.72 Å². The number of para-hydroxylation sites is 1. The van der Waals surface area contributed by atoms with E-state index in [2.05, 4.69) is 15.6 Å². The summed E-state index contributed by atoms with van der Waals surface area (Å²) >= 11 is 1.56. The number of carbonyl (C=O) groups is 1. The predicted octanol–water partition coefficient (Wildman–Crippen LogP) is 4.27. The average Bonchev–Trinajstić information content (AvgIpc) is 3.44. The number of benzene rings is 2. The van der Waals surface area contributed by atoms with Gasteiger partial charge in [-0.3, -0.25) is 14.9 Å². The SMILES string of the molecule is O=C(NN=Cc1cn(-c2ccccc2)nc1-c1cccs1)c1ccc([N+](=O)[O-])cc1. The summed E-state index contributed by atoms with van der Waals surface area (Å²) in [7, 11) is 0. The van der Waals surface area contributed by atoms with Gasteiger partial charge in [-0.1, -0.05) is 24.3 Å². The lowest BCUT2D eigenvalue weighted by Gasteiger charge is -1.99. The van der Waals surface area contributed by atoms with E-state index < -0.39 is 10.8 Å². The van der Waals surface area contributed by atoms with E-state index in [9.17, 15) is 14.9 Å². The molecule has 9 heteroatoms. The van der Waals surface area contributed by atoms with Crippen molar-refractivity contribution in [2.75, 3.05) is 0 Å². The highest BCUT2D eigenvalue weighted by atomic mass is 32.1. The summed E-state index contributed by atoms with van der Waals surface area (Å²) < 4.78 is 1.76. The molecule has 0 aliphatic rings. The number of carbonyl (C=O) groups excluding carboxylic acids is 1. The zero-order valence-corrected chi connectivity index (χ0v) is 16.3. The second-order valence-electron chi connectivity index (χ2n) is 6.19. The van der Waals surface area contributed by atoms with Crippen molar-refractivity contribution in [1.29, 1.82) is 0 Å². The van der Waals surface area contributed by atoms with Crippen LogP contribution in [0.15, 0.2) is 83.4 Å². The molecular weight excluding hydrogens is 402 g/mol. The molecule has 1 N–H and O–H groups in total. The summed E-state index contributed by atoms with van der Waals surface area (Å²) in [4.78, 5) is 23.4. The molecule has 0 aliphatic carbocycles. The highest BCUT2D eigenvalue weighted by molar-refractivity contribution is 7.13. The Bertz CT molecular complexity index is 1200. The number of amides is 1. The van der Waals surface area contributed by atoms with Crippen molar-refractivity contribution in [3.8, 4) is 16.3 Å². The van der Waals surface area contributed by atoms with Gasteiger partial charge in [0.15, 0.2) is 0 Å². The topological polar surface area (TPSA) is 102 Å². The first-order valence-electron chi connectivity index (χ1n) is 8.88. The summed E-state index contributed by atoms with van der Waals surface area (Å²) in [6.07, 6.45) is 3.37. The van der Waals surface area contributed by atoms with E-state index in [1.165, 1.54) is 30.5 Å². The number of nitrogens with zero attached hydrogens (tertiary/aromatic N) is 4. The van der Waals surface area contributed by atoms with Gasteiger partial charge in [0.05, 0.1) is 21.7 Å². The number of hydrogen-bond acceptors (Lipinski definition) is 6. The lowest BCUT2D eigenvalue weighted by atomic mass is 10.2. The molecule has 0 saturated heterocycles. The van der Waals surface area contributed by atoms with Crippen molar-refractivity contribution >= 4 is 29.1 Å². The Kier molecular flexibility index (Phi) is 5.44. The maximum absolute atomic E-state index is 12.2. The van der Waals surface area contributed by atoms with Crippen LogP contribution in [0.5, 0.6) is 0 Å². The van der Waals surface area contributed by atoms with Crippen LogP contribution in [0.25, 0.3) is 16.3 Å². The van der Waals surface area contributed by atoms with Crippen LogP contribution in [-0.4, -0.2) is 26.8 Å². The molecule has 0 unspecified atom stereocenters. The van der Waals surface area contributed by atoms with Gasteiger partial charge in [-0.15, -0.1) is 11.3 Å². The van der Waals surface area contributed by atoms with Gasteiger partial charge in [-0.25, -0.2) is 10.1 Å². The molecular formula is C21H15N5O3S. The minimum Gasteiger partial charge on any atom is -0.267 e. The molecule has 0 fully saturated rings. The smallest absolute Gasteiger partial charge is 0.267 e. The number of nitro benzene ring substituents is 1. The Morgan fingerprint density at radius 1 is 1.10 bits per heavy atom. The van der Waals surface area contributed by atoms with Crippen LogP contribution in [0.1, 0.15) is 15.9 Å². The first-order valence-corrected chi connectivity index (χ1v) is 9.76. The molecule has 148 valence electrons. The lowest BCUT2D eigenvalue weighted by molar-refractivity contribution is -0.384. The summed E-state index contributed by atoms with van der Waals surface area (Å²) in [6.45, 7) is 0. The van der Waals surface area contributed by atoms with Crippen LogP contribution >= 0.6 is 11.3 Å². The number of nitrogens with one attached hydrogen (secondary N) is 1. The first-order chi connectivity index (χ1) is 14.6. The molecule has 4 rings (SSSR count).